The number of hydrogen-bond acceptors (Lipinski definition) is 5. The van der Waals surface area contributed by atoms with Crippen LogP contribution >= 0.6 is 0 Å². The first-order valence-corrected chi connectivity index (χ1v) is 5.75. The van der Waals surface area contributed by atoms with E-state index in [4.69, 9.17) is 10.00 Å². The van der Waals surface area contributed by atoms with Crippen LogP contribution in [-0.4, -0.2) is 43.5 Å². The van der Waals surface area contributed by atoms with Crippen LogP contribution in [-0.2, 0) is 9.59 Å². The molecular formula is C13H13N3O3. The molecule has 0 saturated carbocycles. The van der Waals surface area contributed by atoms with Crippen molar-refractivity contribution in [3.63, 3.8) is 0 Å². The van der Waals surface area contributed by atoms with Gasteiger partial charge in [0.05, 0.1) is 26.3 Å². The molecule has 19 heavy (non-hydrogen) atoms. The largest absolute Gasteiger partial charge is 0.497 e. The van der Waals surface area contributed by atoms with E-state index >= 15 is 0 Å². The zero-order chi connectivity index (χ0) is 13.8. The van der Waals surface area contributed by atoms with E-state index < -0.39 is 0 Å². The number of benzene rings is 1. The van der Waals surface area contributed by atoms with Gasteiger partial charge in [0, 0.05) is 5.69 Å². The summed E-state index contributed by atoms with van der Waals surface area (Å²) in [5, 5.41) is 8.57. The number of carbonyl (C=O) groups is 2. The Bertz CT molecular complexity index is 515. The van der Waals surface area contributed by atoms with Crippen molar-refractivity contribution in [2.75, 3.05) is 31.6 Å². The molecule has 6 heteroatoms. The summed E-state index contributed by atoms with van der Waals surface area (Å²) in [6.07, 6.45) is 0. The maximum Gasteiger partial charge on any atom is 0.249 e. The summed E-state index contributed by atoms with van der Waals surface area (Å²) in [6.45, 7) is 0.00756. The zero-order valence-corrected chi connectivity index (χ0v) is 10.5. The molecule has 0 N–H and O–H groups in total. The molecule has 1 heterocycles. The maximum atomic E-state index is 11.8. The SMILES string of the molecule is COc1ccc(N2CC(=O)N(CC#N)C(=O)C2)cc1. The van der Waals surface area contributed by atoms with Gasteiger partial charge in [-0.1, -0.05) is 0 Å². The van der Waals surface area contributed by atoms with Gasteiger partial charge in [-0.3, -0.25) is 14.5 Å². The van der Waals surface area contributed by atoms with E-state index in [0.717, 1.165) is 10.6 Å². The summed E-state index contributed by atoms with van der Waals surface area (Å²) < 4.78 is 5.05. The van der Waals surface area contributed by atoms with Crippen LogP contribution < -0.4 is 9.64 Å². The summed E-state index contributed by atoms with van der Waals surface area (Å²) in [5.74, 6) is 0.00626. The van der Waals surface area contributed by atoms with Crippen molar-refractivity contribution in [3.8, 4) is 11.8 Å². The van der Waals surface area contributed by atoms with Crippen molar-refractivity contribution in [2.24, 2.45) is 0 Å². The van der Waals surface area contributed by atoms with E-state index in [2.05, 4.69) is 0 Å². The van der Waals surface area contributed by atoms with Gasteiger partial charge in [-0.05, 0) is 24.3 Å². The molecule has 98 valence electrons. The van der Waals surface area contributed by atoms with Crippen LogP contribution in [0.25, 0.3) is 0 Å². The number of nitrogens with zero attached hydrogens (tertiary/aromatic N) is 3. The highest BCUT2D eigenvalue weighted by Gasteiger charge is 2.30. The number of hydrogen-bond donors (Lipinski definition) is 0. The second kappa shape index (κ2) is 5.40. The molecule has 1 saturated heterocycles. The summed E-state index contributed by atoms with van der Waals surface area (Å²) in [6, 6.07) is 8.94. The number of anilines is 1. The molecular weight excluding hydrogens is 246 g/mol. The Morgan fingerprint density at radius 2 is 1.79 bits per heavy atom. The van der Waals surface area contributed by atoms with Crippen LogP contribution in [0.4, 0.5) is 5.69 Å². The Balaban J connectivity index is 2.13. The lowest BCUT2D eigenvalue weighted by molar-refractivity contribution is -0.144. The smallest absolute Gasteiger partial charge is 0.249 e. The number of carbonyl (C=O) groups excluding carboxylic acids is 2. The summed E-state index contributed by atoms with van der Waals surface area (Å²) in [5.41, 5.74) is 0.777. The molecule has 0 bridgehead atoms. The van der Waals surface area contributed by atoms with Crippen LogP contribution in [0.3, 0.4) is 0 Å². The Labute approximate surface area is 110 Å². The number of nitriles is 1. The third kappa shape index (κ3) is 2.65. The summed E-state index contributed by atoms with van der Waals surface area (Å²) in [7, 11) is 1.57. The Kier molecular flexibility index (Phi) is 3.66. The molecule has 1 fully saturated rings. The molecule has 2 amide bonds. The molecule has 1 aromatic rings. The number of piperazine rings is 1. The molecule has 1 aliphatic rings. The van der Waals surface area contributed by atoms with Gasteiger partial charge >= 0.3 is 0 Å². The topological polar surface area (TPSA) is 73.6 Å². The molecule has 0 radical (unpaired) electrons. The second-order valence-electron chi connectivity index (χ2n) is 4.09. The monoisotopic (exact) mass is 259 g/mol. The van der Waals surface area contributed by atoms with Gasteiger partial charge in [0.25, 0.3) is 0 Å². The van der Waals surface area contributed by atoms with Crippen LogP contribution in [0.15, 0.2) is 24.3 Å². The van der Waals surface area contributed by atoms with Crippen LogP contribution in [0.5, 0.6) is 5.75 Å². The number of amides is 2. The number of rotatable bonds is 3. The fourth-order valence-corrected chi connectivity index (χ4v) is 1.91. The van der Waals surface area contributed by atoms with E-state index in [-0.39, 0.29) is 31.4 Å². The first-order chi connectivity index (χ1) is 9.15. The molecule has 0 aliphatic carbocycles. The fourth-order valence-electron chi connectivity index (χ4n) is 1.91. The van der Waals surface area contributed by atoms with Crippen molar-refractivity contribution < 1.29 is 14.3 Å². The molecule has 0 aromatic heterocycles. The lowest BCUT2D eigenvalue weighted by Crippen LogP contribution is -2.54. The third-order valence-corrected chi connectivity index (χ3v) is 2.92. The maximum absolute atomic E-state index is 11.8. The second-order valence-corrected chi connectivity index (χ2v) is 4.09. The molecule has 2 rings (SSSR count). The highest BCUT2D eigenvalue weighted by atomic mass is 16.5. The Morgan fingerprint density at radius 1 is 1.21 bits per heavy atom. The van der Waals surface area contributed by atoms with Gasteiger partial charge in [0.2, 0.25) is 11.8 Å². The minimum atomic E-state index is -0.353. The van der Waals surface area contributed by atoms with E-state index in [9.17, 15) is 9.59 Å². The Morgan fingerprint density at radius 3 is 2.26 bits per heavy atom. The average molecular weight is 259 g/mol. The van der Waals surface area contributed by atoms with E-state index in [1.807, 2.05) is 6.07 Å². The van der Waals surface area contributed by atoms with Crippen molar-refractivity contribution in [1.29, 1.82) is 5.26 Å². The lowest BCUT2D eigenvalue weighted by Gasteiger charge is -2.32. The minimum Gasteiger partial charge on any atom is -0.497 e. The zero-order valence-electron chi connectivity index (χ0n) is 10.5. The van der Waals surface area contributed by atoms with Crippen LogP contribution in [0.2, 0.25) is 0 Å². The van der Waals surface area contributed by atoms with E-state index in [1.165, 1.54) is 0 Å². The van der Waals surface area contributed by atoms with Gasteiger partial charge in [-0.2, -0.15) is 5.26 Å². The molecule has 0 spiro atoms. The predicted octanol–water partition coefficient (Wildman–Crippen LogP) is 0.394. The highest BCUT2D eigenvalue weighted by molar-refractivity contribution is 6.02. The van der Waals surface area contributed by atoms with Crippen molar-refractivity contribution in [1.82, 2.24) is 4.90 Å². The standard InChI is InChI=1S/C13H13N3O3/c1-19-11-4-2-10(3-5-11)15-8-12(17)16(7-6-14)13(18)9-15/h2-5H,7-9H2,1H3. The molecule has 1 aromatic carbocycles. The van der Waals surface area contributed by atoms with Gasteiger partial charge in [0.1, 0.15) is 12.3 Å². The Hall–Kier alpha value is -2.55. The minimum absolute atomic E-state index is 0.0970. The number of imide groups is 1. The first-order valence-electron chi connectivity index (χ1n) is 5.75. The quantitative estimate of drug-likeness (QED) is 0.580. The van der Waals surface area contributed by atoms with Crippen molar-refractivity contribution in [3.05, 3.63) is 24.3 Å². The van der Waals surface area contributed by atoms with Gasteiger partial charge in [-0.15, -0.1) is 0 Å². The lowest BCUT2D eigenvalue weighted by atomic mass is 10.2. The van der Waals surface area contributed by atoms with Crippen LogP contribution in [0.1, 0.15) is 0 Å². The fraction of sp³-hybridized carbons (Fsp3) is 0.308. The number of methoxy groups -OCH3 is 1. The summed E-state index contributed by atoms with van der Waals surface area (Å²) >= 11 is 0. The van der Waals surface area contributed by atoms with E-state index in [0.29, 0.717) is 5.75 Å². The van der Waals surface area contributed by atoms with E-state index in [1.54, 1.807) is 36.3 Å². The van der Waals surface area contributed by atoms with Crippen molar-refractivity contribution in [2.45, 2.75) is 0 Å². The van der Waals surface area contributed by atoms with Gasteiger partial charge in [-0.25, -0.2) is 0 Å². The third-order valence-electron chi connectivity index (χ3n) is 2.92. The van der Waals surface area contributed by atoms with Crippen molar-refractivity contribution >= 4 is 17.5 Å². The number of ether oxygens (including phenoxy) is 1. The average Bonchev–Trinajstić information content (AvgIpc) is 2.43. The molecule has 0 unspecified atom stereocenters. The van der Waals surface area contributed by atoms with Gasteiger partial charge < -0.3 is 9.64 Å². The molecule has 0 atom stereocenters. The highest BCUT2D eigenvalue weighted by Crippen LogP contribution is 2.21. The summed E-state index contributed by atoms with van der Waals surface area (Å²) in [4.78, 5) is 26.2. The first kappa shape index (κ1) is 12.9. The molecule has 1 aliphatic heterocycles. The van der Waals surface area contributed by atoms with Crippen LogP contribution in [0, 0.1) is 11.3 Å². The van der Waals surface area contributed by atoms with Gasteiger partial charge in [0.15, 0.2) is 0 Å². The molecule has 6 nitrogen and oxygen atoms in total. The normalized spacial score (nSPS) is 15.4. The predicted molar refractivity (Wildman–Crippen MR) is 67.5 cm³/mol.